The first-order valence-corrected chi connectivity index (χ1v) is 2.01. The Hall–Kier alpha value is -1.01. The second-order valence-corrected chi connectivity index (χ2v) is 1.65. The number of carbonyl (C=O) groups is 1. The summed E-state index contributed by atoms with van der Waals surface area (Å²) in [4.78, 5) is 9.98. The summed E-state index contributed by atoms with van der Waals surface area (Å²) in [5, 5.41) is 8.17. The molecule has 1 unspecified atom stereocenters. The number of terminal acetylenes is 1. The molecular formula is C5H7NO2. The van der Waals surface area contributed by atoms with Crippen molar-refractivity contribution >= 4 is 5.97 Å². The predicted molar refractivity (Wildman–Crippen MR) is 29.1 cm³/mol. The van der Waals surface area contributed by atoms with Gasteiger partial charge in [-0.3, -0.25) is 0 Å². The van der Waals surface area contributed by atoms with Crippen molar-refractivity contribution in [2.24, 2.45) is 5.73 Å². The van der Waals surface area contributed by atoms with Gasteiger partial charge in [0.1, 0.15) is 0 Å². The van der Waals surface area contributed by atoms with Crippen LogP contribution >= 0.6 is 0 Å². The van der Waals surface area contributed by atoms with Crippen molar-refractivity contribution in [1.82, 2.24) is 0 Å². The van der Waals surface area contributed by atoms with Crippen molar-refractivity contribution in [1.29, 1.82) is 0 Å². The van der Waals surface area contributed by atoms with Crippen LogP contribution < -0.4 is 5.73 Å². The number of carboxylic acids is 1. The first kappa shape index (κ1) is 6.99. The Morgan fingerprint density at radius 1 is 2.00 bits per heavy atom. The lowest BCUT2D eigenvalue weighted by atomic mass is 10.1. The number of hydrogen-bond donors (Lipinski definition) is 2. The maximum Gasteiger partial charge on any atom is 0.335 e. The van der Waals surface area contributed by atoms with Gasteiger partial charge in [0, 0.05) is 0 Å². The molecule has 44 valence electrons. The maximum atomic E-state index is 9.98. The van der Waals surface area contributed by atoms with Crippen LogP contribution in [0.25, 0.3) is 0 Å². The van der Waals surface area contributed by atoms with Gasteiger partial charge in [-0.2, -0.15) is 0 Å². The Kier molecular flexibility index (Phi) is 1.61. The highest BCUT2D eigenvalue weighted by Gasteiger charge is 2.23. The molecule has 0 aromatic heterocycles. The summed E-state index contributed by atoms with van der Waals surface area (Å²) in [6, 6.07) is 0. The molecule has 3 nitrogen and oxygen atoms in total. The van der Waals surface area contributed by atoms with Crippen LogP contribution in [0.15, 0.2) is 0 Å². The molecule has 0 aliphatic carbocycles. The zero-order chi connectivity index (χ0) is 6.78. The van der Waals surface area contributed by atoms with E-state index >= 15 is 0 Å². The molecular weight excluding hydrogens is 106 g/mol. The van der Waals surface area contributed by atoms with Crippen molar-refractivity contribution in [3.8, 4) is 12.3 Å². The van der Waals surface area contributed by atoms with Crippen molar-refractivity contribution in [3.63, 3.8) is 0 Å². The van der Waals surface area contributed by atoms with Gasteiger partial charge < -0.3 is 10.8 Å². The van der Waals surface area contributed by atoms with Gasteiger partial charge in [0.05, 0.1) is 0 Å². The zero-order valence-electron chi connectivity index (χ0n) is 4.51. The van der Waals surface area contributed by atoms with Gasteiger partial charge in [-0.1, -0.05) is 5.92 Å². The van der Waals surface area contributed by atoms with Gasteiger partial charge in [-0.25, -0.2) is 4.79 Å². The van der Waals surface area contributed by atoms with E-state index in [0.717, 1.165) is 0 Å². The van der Waals surface area contributed by atoms with Crippen LogP contribution in [0.4, 0.5) is 0 Å². The molecule has 0 aromatic rings. The van der Waals surface area contributed by atoms with Gasteiger partial charge >= 0.3 is 5.97 Å². The molecule has 0 heterocycles. The van der Waals surface area contributed by atoms with E-state index in [1.54, 1.807) is 0 Å². The fraction of sp³-hybridized carbons (Fsp3) is 0.400. The van der Waals surface area contributed by atoms with Crippen LogP contribution in [0, 0.1) is 12.3 Å². The smallest absolute Gasteiger partial charge is 0.335 e. The highest BCUT2D eigenvalue weighted by atomic mass is 16.4. The summed E-state index contributed by atoms with van der Waals surface area (Å²) >= 11 is 0. The van der Waals surface area contributed by atoms with E-state index in [1.165, 1.54) is 6.92 Å². The molecule has 0 spiro atoms. The molecule has 8 heavy (non-hydrogen) atoms. The molecule has 3 N–H and O–H groups in total. The van der Waals surface area contributed by atoms with Gasteiger partial charge in [-0.05, 0) is 6.92 Å². The molecule has 0 saturated heterocycles. The molecule has 3 heteroatoms. The van der Waals surface area contributed by atoms with Crippen molar-refractivity contribution < 1.29 is 9.90 Å². The molecule has 0 aromatic carbocycles. The first-order valence-electron chi connectivity index (χ1n) is 2.01. The lowest BCUT2D eigenvalue weighted by molar-refractivity contribution is -0.140. The molecule has 0 radical (unpaired) electrons. The third kappa shape index (κ3) is 1.24. The van der Waals surface area contributed by atoms with Crippen LogP contribution in [0.1, 0.15) is 6.92 Å². The minimum absolute atomic E-state index is 1.18. The number of rotatable bonds is 1. The lowest BCUT2D eigenvalue weighted by Gasteiger charge is -2.08. The highest BCUT2D eigenvalue weighted by Crippen LogP contribution is 1.93. The van der Waals surface area contributed by atoms with Gasteiger partial charge in [0.2, 0.25) is 0 Å². The monoisotopic (exact) mass is 113 g/mol. The van der Waals surface area contributed by atoms with Crippen LogP contribution in [0.5, 0.6) is 0 Å². The fourth-order valence-electron chi connectivity index (χ4n) is 0.0617. The normalized spacial score (nSPS) is 16.1. The van der Waals surface area contributed by atoms with E-state index in [4.69, 9.17) is 17.3 Å². The zero-order valence-corrected chi connectivity index (χ0v) is 4.51. The average Bonchev–Trinajstić information content (AvgIpc) is 1.67. The largest absolute Gasteiger partial charge is 0.479 e. The molecule has 0 aliphatic rings. The van der Waals surface area contributed by atoms with Crippen molar-refractivity contribution in [3.05, 3.63) is 0 Å². The standard InChI is InChI=1S/C5H7NO2/c1-3-5(2,6)4(7)8/h1H,6H2,2H3,(H,7,8). The van der Waals surface area contributed by atoms with Gasteiger partial charge in [0.25, 0.3) is 0 Å². The van der Waals surface area contributed by atoms with Crippen LogP contribution in [-0.4, -0.2) is 16.6 Å². The Labute approximate surface area is 47.5 Å². The topological polar surface area (TPSA) is 63.3 Å². The molecule has 0 bridgehead atoms. The maximum absolute atomic E-state index is 9.98. The predicted octanol–water partition coefficient (Wildman–Crippen LogP) is -0.578. The van der Waals surface area contributed by atoms with E-state index in [-0.39, 0.29) is 0 Å². The minimum Gasteiger partial charge on any atom is -0.479 e. The highest BCUT2D eigenvalue weighted by molar-refractivity contribution is 5.81. The Morgan fingerprint density at radius 2 is 2.38 bits per heavy atom. The van der Waals surface area contributed by atoms with Crippen LogP contribution in [-0.2, 0) is 4.79 Å². The molecule has 0 rings (SSSR count). The molecule has 0 saturated carbocycles. The van der Waals surface area contributed by atoms with Gasteiger partial charge in [0.15, 0.2) is 5.54 Å². The quantitative estimate of drug-likeness (QED) is 0.447. The first-order chi connectivity index (χ1) is 3.50. The SMILES string of the molecule is C#CC(C)(N)C(=O)O. The number of nitrogens with two attached hydrogens (primary N) is 1. The van der Waals surface area contributed by atoms with Gasteiger partial charge in [-0.15, -0.1) is 6.42 Å². The van der Waals surface area contributed by atoms with E-state index in [1.807, 2.05) is 5.92 Å². The van der Waals surface area contributed by atoms with E-state index in [2.05, 4.69) is 0 Å². The summed E-state index contributed by atoms with van der Waals surface area (Å²) in [6.45, 7) is 1.26. The van der Waals surface area contributed by atoms with Crippen LogP contribution in [0.2, 0.25) is 0 Å². The molecule has 1 atom stereocenters. The molecule has 0 aliphatic heterocycles. The fourth-order valence-corrected chi connectivity index (χ4v) is 0.0617. The Balaban J connectivity index is 4.19. The second kappa shape index (κ2) is 1.85. The summed E-state index contributed by atoms with van der Waals surface area (Å²) in [7, 11) is 0. The van der Waals surface area contributed by atoms with Crippen molar-refractivity contribution in [2.75, 3.05) is 0 Å². The number of carboxylic acid groups (broad SMARTS) is 1. The summed E-state index contributed by atoms with van der Waals surface area (Å²) < 4.78 is 0. The third-order valence-electron chi connectivity index (χ3n) is 0.744. The van der Waals surface area contributed by atoms with Crippen molar-refractivity contribution in [2.45, 2.75) is 12.5 Å². The average molecular weight is 113 g/mol. The number of aliphatic carboxylic acids is 1. The Bertz CT molecular complexity index is 143. The third-order valence-corrected chi connectivity index (χ3v) is 0.744. The second-order valence-electron chi connectivity index (χ2n) is 1.65. The van der Waals surface area contributed by atoms with E-state index < -0.39 is 11.5 Å². The van der Waals surface area contributed by atoms with E-state index in [0.29, 0.717) is 0 Å². The molecule has 0 fully saturated rings. The number of hydrogen-bond acceptors (Lipinski definition) is 2. The van der Waals surface area contributed by atoms with E-state index in [9.17, 15) is 4.79 Å². The van der Waals surface area contributed by atoms with Crippen LogP contribution in [0.3, 0.4) is 0 Å². The Morgan fingerprint density at radius 3 is 2.38 bits per heavy atom. The summed E-state index contributed by atoms with van der Waals surface area (Å²) in [6.07, 6.45) is 4.75. The minimum atomic E-state index is -1.51. The summed E-state index contributed by atoms with van der Waals surface area (Å²) in [5.41, 5.74) is 3.51. The molecule has 0 amide bonds. The summed E-state index contributed by atoms with van der Waals surface area (Å²) in [5.74, 6) is 0.738. The lowest BCUT2D eigenvalue weighted by Crippen LogP contribution is -2.42.